The van der Waals surface area contributed by atoms with Gasteiger partial charge in [-0.25, -0.2) is 8.42 Å². The molecule has 0 amide bonds. The predicted octanol–water partition coefficient (Wildman–Crippen LogP) is 5.31. The van der Waals surface area contributed by atoms with Gasteiger partial charge >= 0.3 is 6.18 Å². The van der Waals surface area contributed by atoms with Gasteiger partial charge in [-0.3, -0.25) is 0 Å². The van der Waals surface area contributed by atoms with Crippen LogP contribution in [0.5, 0.6) is 0 Å². The molecule has 0 aliphatic heterocycles. The molecule has 2 nitrogen and oxygen atoms in total. The van der Waals surface area contributed by atoms with Crippen molar-refractivity contribution in [3.63, 3.8) is 0 Å². The molecule has 0 heterocycles. The number of benzene rings is 2. The van der Waals surface area contributed by atoms with Crippen LogP contribution in [-0.4, -0.2) is 22.7 Å². The van der Waals surface area contributed by atoms with Crippen LogP contribution in [0.4, 0.5) is 13.2 Å². The summed E-state index contributed by atoms with van der Waals surface area (Å²) in [7, 11) is -6.61. The predicted molar refractivity (Wildman–Crippen MR) is 104 cm³/mol. The number of allylic oxidation sites excluding steroid dienone is 1. The Morgan fingerprint density at radius 2 is 1.37 bits per heavy atom. The van der Waals surface area contributed by atoms with Gasteiger partial charge in [0, 0.05) is 0 Å². The van der Waals surface area contributed by atoms with Crippen LogP contribution < -0.4 is 0 Å². The van der Waals surface area contributed by atoms with E-state index < -0.39 is 34.6 Å². The fraction of sp³-hybridized carbons (Fsp3) is 0.200. The maximum absolute atomic E-state index is 13.9. The minimum atomic E-state index is -4.90. The fourth-order valence-corrected chi connectivity index (χ4v) is 4.38. The molecule has 0 N–H and O–H groups in total. The lowest BCUT2D eigenvalue weighted by Gasteiger charge is -2.16. The first-order valence-corrected chi connectivity index (χ1v) is 13.1. The van der Waals surface area contributed by atoms with Gasteiger partial charge in [0.1, 0.15) is 13.6 Å². The van der Waals surface area contributed by atoms with E-state index in [9.17, 15) is 21.6 Å². The van der Waals surface area contributed by atoms with Crippen molar-refractivity contribution in [2.75, 3.05) is 0 Å². The Kier molecular flexibility index (Phi) is 6.03. The van der Waals surface area contributed by atoms with Crippen LogP contribution in [0.2, 0.25) is 19.6 Å². The van der Waals surface area contributed by atoms with E-state index >= 15 is 0 Å². The summed E-state index contributed by atoms with van der Waals surface area (Å²) >= 11 is 0. The molecule has 2 aromatic carbocycles. The summed E-state index contributed by atoms with van der Waals surface area (Å²) in [4.78, 5) is -1.02. The van der Waals surface area contributed by atoms with Crippen molar-refractivity contribution in [3.05, 3.63) is 71.8 Å². The molecule has 27 heavy (non-hydrogen) atoms. The summed E-state index contributed by atoms with van der Waals surface area (Å²) in [6, 6.07) is 14.4. The van der Waals surface area contributed by atoms with Gasteiger partial charge < -0.3 is 0 Å². The number of hydrogen-bond donors (Lipinski definition) is 0. The molecule has 0 saturated carbocycles. The molecule has 2 rings (SSSR count). The first kappa shape index (κ1) is 21.0. The molecule has 0 fully saturated rings. The molecule has 142 valence electrons. The molecule has 0 spiro atoms. The maximum atomic E-state index is 13.9. The van der Waals surface area contributed by atoms with Crippen molar-refractivity contribution in [3.8, 4) is 11.5 Å². The molecule has 0 aliphatic carbocycles. The maximum Gasteiger partial charge on any atom is 0.425 e. The number of sulfone groups is 1. The molecule has 0 saturated heterocycles. The van der Waals surface area contributed by atoms with Crippen molar-refractivity contribution < 1.29 is 21.6 Å². The van der Waals surface area contributed by atoms with Gasteiger partial charge in [-0.1, -0.05) is 74.1 Å². The Morgan fingerprint density at radius 3 is 1.81 bits per heavy atom. The second kappa shape index (κ2) is 7.75. The quantitative estimate of drug-likeness (QED) is 0.509. The molecular formula is C20H19F3O2SSi. The molecule has 0 unspecified atom stereocenters. The third kappa shape index (κ3) is 5.34. The van der Waals surface area contributed by atoms with Crippen LogP contribution in [0, 0.1) is 11.5 Å². The zero-order chi connectivity index (χ0) is 20.3. The highest BCUT2D eigenvalue weighted by Gasteiger charge is 2.40. The minimum Gasteiger partial charge on any atom is -0.218 e. The van der Waals surface area contributed by atoms with Crippen molar-refractivity contribution in [2.45, 2.75) is 30.7 Å². The van der Waals surface area contributed by atoms with Gasteiger partial charge in [0.15, 0.2) is 0 Å². The summed E-state index contributed by atoms with van der Waals surface area (Å²) in [5.74, 6) is 2.16. The van der Waals surface area contributed by atoms with Gasteiger partial charge in [0.25, 0.3) is 0 Å². The average molecular weight is 409 g/mol. The second-order valence-corrected chi connectivity index (χ2v) is 13.5. The highest BCUT2D eigenvalue weighted by molar-refractivity contribution is 8.00. The van der Waals surface area contributed by atoms with E-state index in [4.69, 9.17) is 0 Å². The zero-order valence-electron chi connectivity index (χ0n) is 15.1. The van der Waals surface area contributed by atoms with Crippen molar-refractivity contribution in [1.29, 1.82) is 0 Å². The largest absolute Gasteiger partial charge is 0.425 e. The summed E-state index contributed by atoms with van der Waals surface area (Å²) in [6.45, 7) is 5.38. The Morgan fingerprint density at radius 1 is 0.889 bits per heavy atom. The van der Waals surface area contributed by atoms with Crippen molar-refractivity contribution in [2.24, 2.45) is 0 Å². The van der Waals surface area contributed by atoms with Crippen molar-refractivity contribution >= 4 is 22.8 Å². The summed E-state index contributed by atoms with van der Waals surface area (Å²) in [5, 5.41) is 0. The van der Waals surface area contributed by atoms with Crippen LogP contribution in [0.25, 0.3) is 4.91 Å². The third-order valence-electron chi connectivity index (χ3n) is 3.43. The molecule has 0 aromatic heterocycles. The SMILES string of the molecule is C[Si](C)(C)C#C/C(=C(/c1ccccc1)S(=O)(=O)c1ccccc1)C(F)(F)F. The van der Waals surface area contributed by atoms with Crippen LogP contribution in [0.3, 0.4) is 0 Å². The van der Waals surface area contributed by atoms with Crippen molar-refractivity contribution in [1.82, 2.24) is 0 Å². The fourth-order valence-electron chi connectivity index (χ4n) is 2.25. The Labute approximate surface area is 158 Å². The first-order chi connectivity index (χ1) is 12.4. The Bertz CT molecular complexity index is 992. The van der Waals surface area contributed by atoms with E-state index in [1.807, 2.05) is 0 Å². The summed E-state index contributed by atoms with van der Waals surface area (Å²) in [6.07, 6.45) is -4.90. The molecule has 0 atom stereocenters. The smallest absolute Gasteiger partial charge is 0.218 e. The number of alkyl halides is 3. The van der Waals surface area contributed by atoms with Crippen LogP contribution in [0.1, 0.15) is 5.56 Å². The normalized spacial score (nSPS) is 13.4. The molecule has 7 heteroatoms. The van der Waals surface area contributed by atoms with Crippen LogP contribution in [-0.2, 0) is 9.84 Å². The van der Waals surface area contributed by atoms with Gasteiger partial charge in [-0.15, -0.1) is 5.54 Å². The van der Waals surface area contributed by atoms with E-state index in [1.165, 1.54) is 48.5 Å². The number of hydrogen-bond acceptors (Lipinski definition) is 2. The van der Waals surface area contributed by atoms with E-state index in [1.54, 1.807) is 31.8 Å². The Balaban J connectivity index is 2.93. The first-order valence-electron chi connectivity index (χ1n) is 8.13. The number of rotatable bonds is 3. The highest BCUT2D eigenvalue weighted by Crippen LogP contribution is 2.38. The highest BCUT2D eigenvalue weighted by atomic mass is 32.2. The minimum absolute atomic E-state index is 0.0430. The van der Waals surface area contributed by atoms with E-state index in [0.717, 1.165) is 0 Å². The van der Waals surface area contributed by atoms with Crippen LogP contribution >= 0.6 is 0 Å². The average Bonchev–Trinajstić information content (AvgIpc) is 2.58. The summed E-state index contributed by atoms with van der Waals surface area (Å²) in [5.41, 5.74) is 1.27. The topological polar surface area (TPSA) is 34.1 Å². The molecule has 0 radical (unpaired) electrons. The van der Waals surface area contributed by atoms with E-state index in [2.05, 4.69) is 11.5 Å². The molecule has 2 aromatic rings. The zero-order valence-corrected chi connectivity index (χ0v) is 16.9. The molecular weight excluding hydrogens is 389 g/mol. The van der Waals surface area contributed by atoms with E-state index in [0.29, 0.717) is 0 Å². The van der Waals surface area contributed by atoms with Gasteiger partial charge in [0.05, 0.1) is 9.80 Å². The van der Waals surface area contributed by atoms with Crippen LogP contribution in [0.15, 0.2) is 71.1 Å². The lowest BCUT2D eigenvalue weighted by molar-refractivity contribution is -0.0864. The van der Waals surface area contributed by atoms with Gasteiger partial charge in [-0.2, -0.15) is 13.2 Å². The van der Waals surface area contributed by atoms with E-state index in [-0.39, 0.29) is 10.5 Å². The van der Waals surface area contributed by atoms with Gasteiger partial charge in [0.2, 0.25) is 9.84 Å². The lowest BCUT2D eigenvalue weighted by Crippen LogP contribution is -2.20. The summed E-state index contributed by atoms with van der Waals surface area (Å²) < 4.78 is 67.9. The monoisotopic (exact) mass is 408 g/mol. The van der Waals surface area contributed by atoms with Gasteiger partial charge in [-0.05, 0) is 17.7 Å². The third-order valence-corrected chi connectivity index (χ3v) is 6.18. The lowest BCUT2D eigenvalue weighted by atomic mass is 10.1. The molecule has 0 bridgehead atoms. The second-order valence-electron chi connectivity index (χ2n) is 6.88. The molecule has 0 aliphatic rings. The number of halogens is 3. The Hall–Kier alpha value is -2.30. The standard InChI is InChI=1S/C20H19F3O2SSi/c1-27(2,3)15-14-18(20(21,22)23)19(16-10-6-4-7-11-16)26(24,25)17-12-8-5-9-13-17/h4-13H,1-3H3/b19-18+.